The van der Waals surface area contributed by atoms with Crippen LogP contribution in [0.5, 0.6) is 0 Å². The summed E-state index contributed by atoms with van der Waals surface area (Å²) in [5.41, 5.74) is 1.17. The number of amides is 1. The molecular weight excluding hydrogens is 226 g/mol. The lowest BCUT2D eigenvalue weighted by Crippen LogP contribution is -2.37. The summed E-state index contributed by atoms with van der Waals surface area (Å²) < 4.78 is 1.86. The van der Waals surface area contributed by atoms with Crippen LogP contribution in [-0.4, -0.2) is 39.1 Å². The van der Waals surface area contributed by atoms with Crippen LogP contribution in [0.4, 0.5) is 0 Å². The molecule has 2 heterocycles. The predicted octanol–water partition coefficient (Wildman–Crippen LogP) is 1.19. The summed E-state index contributed by atoms with van der Waals surface area (Å²) in [5.74, 6) is 0.133. The number of nitrogens with zero attached hydrogens (tertiary/aromatic N) is 3. The topological polar surface area (TPSA) is 38.1 Å². The molecule has 1 aromatic heterocycles. The quantitative estimate of drug-likeness (QED) is 0.746. The van der Waals surface area contributed by atoms with E-state index in [0.717, 1.165) is 25.8 Å². The second-order valence-electron chi connectivity index (χ2n) is 4.17. The zero-order valence-electron chi connectivity index (χ0n) is 9.40. The molecule has 0 aromatic carbocycles. The number of carbonyl (C=O) groups excluding carboxylic acids is 1. The summed E-state index contributed by atoms with van der Waals surface area (Å²) in [6, 6.07) is 2.29. The molecule has 1 fully saturated rings. The zero-order valence-corrected chi connectivity index (χ0v) is 10.2. The van der Waals surface area contributed by atoms with E-state index in [2.05, 4.69) is 5.10 Å². The van der Waals surface area contributed by atoms with Gasteiger partial charge in [-0.1, -0.05) is 0 Å². The zero-order chi connectivity index (χ0) is 11.5. The van der Waals surface area contributed by atoms with Crippen LogP contribution in [-0.2, 0) is 18.3 Å². The fraction of sp³-hybridized carbons (Fsp3) is 0.636. The van der Waals surface area contributed by atoms with Gasteiger partial charge in [0, 0.05) is 37.9 Å². The molecule has 1 saturated heterocycles. The standard InChI is InChI=1S/C11H16ClN3O/c1-14-9(4-5-13-14)7-10-3-2-6-15(10)11(16)8-12/h4-5,10H,2-3,6-8H2,1H3/t10-/m1/s1. The molecule has 0 radical (unpaired) electrons. The van der Waals surface area contributed by atoms with E-state index in [0.29, 0.717) is 6.04 Å². The minimum absolute atomic E-state index is 0.0475. The smallest absolute Gasteiger partial charge is 0.237 e. The summed E-state index contributed by atoms with van der Waals surface area (Å²) in [4.78, 5) is 13.5. The van der Waals surface area contributed by atoms with Gasteiger partial charge in [-0.25, -0.2) is 0 Å². The molecule has 0 bridgehead atoms. The Balaban J connectivity index is 2.04. The highest BCUT2D eigenvalue weighted by Gasteiger charge is 2.28. The molecule has 0 spiro atoms. The summed E-state index contributed by atoms with van der Waals surface area (Å²) in [6.07, 6.45) is 4.80. The molecule has 2 rings (SSSR count). The second kappa shape index (κ2) is 4.87. The lowest BCUT2D eigenvalue weighted by Gasteiger charge is -2.23. The van der Waals surface area contributed by atoms with Gasteiger partial charge < -0.3 is 4.90 Å². The van der Waals surface area contributed by atoms with Crippen molar-refractivity contribution in [3.05, 3.63) is 18.0 Å². The fourth-order valence-electron chi connectivity index (χ4n) is 2.30. The third kappa shape index (κ3) is 2.21. The maximum Gasteiger partial charge on any atom is 0.237 e. The number of carbonyl (C=O) groups is 1. The molecule has 5 heteroatoms. The molecule has 16 heavy (non-hydrogen) atoms. The van der Waals surface area contributed by atoms with E-state index in [4.69, 9.17) is 11.6 Å². The van der Waals surface area contributed by atoms with Gasteiger partial charge in [-0.3, -0.25) is 9.48 Å². The van der Waals surface area contributed by atoms with Gasteiger partial charge in [0.1, 0.15) is 5.88 Å². The molecule has 1 aliphatic heterocycles. The molecule has 4 nitrogen and oxygen atoms in total. The van der Waals surface area contributed by atoms with Crippen LogP contribution in [0.15, 0.2) is 12.3 Å². The van der Waals surface area contributed by atoms with Gasteiger partial charge in [0.25, 0.3) is 0 Å². The van der Waals surface area contributed by atoms with Crippen molar-refractivity contribution in [3.63, 3.8) is 0 Å². The predicted molar refractivity (Wildman–Crippen MR) is 62.4 cm³/mol. The normalized spacial score (nSPS) is 20.4. The molecule has 1 aromatic rings. The van der Waals surface area contributed by atoms with Crippen molar-refractivity contribution in [3.8, 4) is 0 Å². The first-order valence-corrected chi connectivity index (χ1v) is 6.08. The number of aromatic nitrogens is 2. The highest BCUT2D eigenvalue weighted by atomic mass is 35.5. The van der Waals surface area contributed by atoms with Crippen LogP contribution in [0.25, 0.3) is 0 Å². The minimum atomic E-state index is 0.0475. The fourth-order valence-corrected chi connectivity index (χ4v) is 2.45. The maximum absolute atomic E-state index is 11.6. The first-order chi connectivity index (χ1) is 7.72. The lowest BCUT2D eigenvalue weighted by molar-refractivity contribution is -0.129. The van der Waals surface area contributed by atoms with Gasteiger partial charge in [0.15, 0.2) is 0 Å². The van der Waals surface area contributed by atoms with Crippen molar-refractivity contribution in [2.75, 3.05) is 12.4 Å². The van der Waals surface area contributed by atoms with Crippen LogP contribution in [0.2, 0.25) is 0 Å². The maximum atomic E-state index is 11.6. The minimum Gasteiger partial charge on any atom is -0.338 e. The number of rotatable bonds is 3. The highest BCUT2D eigenvalue weighted by molar-refractivity contribution is 6.27. The first kappa shape index (κ1) is 11.5. The van der Waals surface area contributed by atoms with E-state index >= 15 is 0 Å². The molecule has 1 atom stereocenters. The molecular formula is C11H16ClN3O. The molecule has 88 valence electrons. The van der Waals surface area contributed by atoms with Gasteiger partial charge in [0.05, 0.1) is 0 Å². The molecule has 0 N–H and O–H groups in total. The number of hydrogen-bond donors (Lipinski definition) is 0. The third-order valence-electron chi connectivity index (χ3n) is 3.18. The summed E-state index contributed by atoms with van der Waals surface area (Å²) in [6.45, 7) is 0.841. The SMILES string of the molecule is Cn1nccc1C[C@H]1CCCN1C(=O)CCl. The van der Waals surface area contributed by atoms with Crippen LogP contribution in [0, 0.1) is 0 Å². The highest BCUT2D eigenvalue weighted by Crippen LogP contribution is 2.21. The Bertz CT molecular complexity index is 377. The van der Waals surface area contributed by atoms with Crippen LogP contribution >= 0.6 is 11.6 Å². The van der Waals surface area contributed by atoms with Crippen molar-refractivity contribution >= 4 is 17.5 Å². The average Bonchev–Trinajstić information content (AvgIpc) is 2.88. The van der Waals surface area contributed by atoms with Crippen molar-refractivity contribution in [2.45, 2.75) is 25.3 Å². The Morgan fingerprint density at radius 1 is 1.69 bits per heavy atom. The van der Waals surface area contributed by atoms with Crippen molar-refractivity contribution in [2.24, 2.45) is 7.05 Å². The number of likely N-dealkylation sites (tertiary alicyclic amines) is 1. The molecule has 1 amide bonds. The van der Waals surface area contributed by atoms with E-state index in [1.807, 2.05) is 22.7 Å². The van der Waals surface area contributed by atoms with Crippen LogP contribution in [0.3, 0.4) is 0 Å². The Labute approximate surface area is 100 Å². The van der Waals surface area contributed by atoms with Gasteiger partial charge in [-0.05, 0) is 18.9 Å². The monoisotopic (exact) mass is 241 g/mol. The van der Waals surface area contributed by atoms with Gasteiger partial charge in [-0.2, -0.15) is 5.10 Å². The Morgan fingerprint density at radius 2 is 2.50 bits per heavy atom. The van der Waals surface area contributed by atoms with Gasteiger partial charge in [0.2, 0.25) is 5.91 Å². The largest absolute Gasteiger partial charge is 0.338 e. The van der Waals surface area contributed by atoms with E-state index in [-0.39, 0.29) is 11.8 Å². The van der Waals surface area contributed by atoms with Crippen molar-refractivity contribution in [1.29, 1.82) is 0 Å². The van der Waals surface area contributed by atoms with Gasteiger partial charge in [-0.15, -0.1) is 11.6 Å². The number of hydrogen-bond acceptors (Lipinski definition) is 2. The second-order valence-corrected chi connectivity index (χ2v) is 4.43. The van der Waals surface area contributed by atoms with Crippen LogP contribution in [0.1, 0.15) is 18.5 Å². The average molecular weight is 242 g/mol. The molecule has 0 unspecified atom stereocenters. The van der Waals surface area contributed by atoms with E-state index in [9.17, 15) is 4.79 Å². The van der Waals surface area contributed by atoms with E-state index < -0.39 is 0 Å². The summed E-state index contributed by atoms with van der Waals surface area (Å²) >= 11 is 5.60. The van der Waals surface area contributed by atoms with Crippen molar-refractivity contribution in [1.82, 2.24) is 14.7 Å². The van der Waals surface area contributed by atoms with Crippen LogP contribution < -0.4 is 0 Å². The Kier molecular flexibility index (Phi) is 3.49. The molecule has 0 aliphatic carbocycles. The van der Waals surface area contributed by atoms with E-state index in [1.54, 1.807) is 6.20 Å². The lowest BCUT2D eigenvalue weighted by atomic mass is 10.1. The summed E-state index contributed by atoms with van der Waals surface area (Å²) in [7, 11) is 1.93. The Morgan fingerprint density at radius 3 is 3.12 bits per heavy atom. The Hall–Kier alpha value is -1.03. The third-order valence-corrected chi connectivity index (χ3v) is 3.41. The summed E-state index contributed by atoms with van der Waals surface area (Å²) in [5, 5.41) is 4.14. The number of alkyl halides is 1. The van der Waals surface area contributed by atoms with Gasteiger partial charge >= 0.3 is 0 Å². The number of halogens is 1. The van der Waals surface area contributed by atoms with E-state index in [1.165, 1.54) is 5.69 Å². The molecule has 1 aliphatic rings. The first-order valence-electron chi connectivity index (χ1n) is 5.54. The van der Waals surface area contributed by atoms with Crippen molar-refractivity contribution < 1.29 is 4.79 Å². The number of aryl methyl sites for hydroxylation is 1. The molecule has 0 saturated carbocycles.